The molecule has 2 aromatic carbocycles. The maximum Gasteiger partial charge on any atom is 0.416 e. The molecule has 0 aliphatic carbocycles. The minimum atomic E-state index is -4.74. The molecule has 1 aliphatic heterocycles. The number of nitrogen functional groups attached to an aromatic ring is 1. The van der Waals surface area contributed by atoms with E-state index in [0.717, 1.165) is 38.5 Å². The van der Waals surface area contributed by atoms with Gasteiger partial charge in [-0.05, 0) is 60.9 Å². The van der Waals surface area contributed by atoms with E-state index in [9.17, 15) is 22.4 Å². The first kappa shape index (κ1) is 29.9. The number of fused-ring (bicyclic) bond motifs is 1. The van der Waals surface area contributed by atoms with Crippen LogP contribution in [0.4, 0.5) is 29.1 Å². The molecular formula is C31H28F4N8O2. The van der Waals surface area contributed by atoms with Crippen LogP contribution < -0.4 is 15.8 Å². The fourth-order valence-electron chi connectivity index (χ4n) is 5.53. The van der Waals surface area contributed by atoms with Gasteiger partial charge in [0.25, 0.3) is 5.91 Å². The van der Waals surface area contributed by atoms with Crippen LogP contribution in [-0.2, 0) is 12.7 Å². The van der Waals surface area contributed by atoms with Crippen molar-refractivity contribution < 1.29 is 27.1 Å². The number of piperidine rings is 1. The molecule has 6 rings (SSSR count). The second kappa shape index (κ2) is 12.1. The molecule has 1 aliphatic rings. The van der Waals surface area contributed by atoms with Gasteiger partial charge in [-0.1, -0.05) is 6.07 Å². The predicted molar refractivity (Wildman–Crippen MR) is 159 cm³/mol. The number of hydrogen-bond acceptors (Lipinski definition) is 8. The number of likely N-dealkylation sites (tertiary alicyclic amines) is 1. The predicted octanol–water partition coefficient (Wildman–Crippen LogP) is 5.73. The lowest BCUT2D eigenvalue weighted by atomic mass is 10.0. The number of pyridine rings is 1. The van der Waals surface area contributed by atoms with Crippen LogP contribution in [0, 0.1) is 5.82 Å². The summed E-state index contributed by atoms with van der Waals surface area (Å²) in [4.78, 5) is 28.0. The van der Waals surface area contributed by atoms with E-state index in [1.807, 2.05) is 16.8 Å². The Labute approximate surface area is 254 Å². The van der Waals surface area contributed by atoms with Crippen molar-refractivity contribution in [1.82, 2.24) is 29.6 Å². The summed E-state index contributed by atoms with van der Waals surface area (Å²) in [5.74, 6) is -1.76. The molecule has 0 radical (unpaired) electrons. The van der Waals surface area contributed by atoms with E-state index < -0.39 is 29.0 Å². The van der Waals surface area contributed by atoms with Gasteiger partial charge in [-0.15, -0.1) is 0 Å². The molecule has 45 heavy (non-hydrogen) atoms. The quantitative estimate of drug-likeness (QED) is 0.221. The number of alkyl halides is 3. The minimum absolute atomic E-state index is 0.0725. The molecule has 5 aromatic rings. The van der Waals surface area contributed by atoms with Crippen LogP contribution in [0.2, 0.25) is 0 Å². The summed E-state index contributed by atoms with van der Waals surface area (Å²) in [6.45, 7) is 2.57. The van der Waals surface area contributed by atoms with E-state index in [4.69, 9.17) is 15.6 Å². The molecule has 232 valence electrons. The van der Waals surface area contributed by atoms with Gasteiger partial charge in [0.2, 0.25) is 0 Å². The van der Waals surface area contributed by atoms with Crippen molar-refractivity contribution >= 4 is 28.4 Å². The van der Waals surface area contributed by atoms with Crippen molar-refractivity contribution in [3.8, 4) is 17.0 Å². The monoisotopic (exact) mass is 620 g/mol. The number of carbonyl (C=O) groups is 1. The summed E-state index contributed by atoms with van der Waals surface area (Å²) < 4.78 is 60.6. The van der Waals surface area contributed by atoms with Gasteiger partial charge in [-0.3, -0.25) is 14.7 Å². The third kappa shape index (κ3) is 6.13. The van der Waals surface area contributed by atoms with Gasteiger partial charge in [-0.2, -0.15) is 18.3 Å². The average molecular weight is 621 g/mol. The van der Waals surface area contributed by atoms with Crippen LogP contribution in [-0.4, -0.2) is 55.7 Å². The van der Waals surface area contributed by atoms with Crippen molar-refractivity contribution in [1.29, 1.82) is 0 Å². The number of rotatable bonds is 7. The maximum absolute atomic E-state index is 14.4. The number of aromatic nitrogens is 5. The zero-order valence-electron chi connectivity index (χ0n) is 24.1. The number of methoxy groups -OCH3 is 1. The highest BCUT2D eigenvalue weighted by Crippen LogP contribution is 2.38. The fourth-order valence-corrected chi connectivity index (χ4v) is 5.53. The number of hydrogen-bond donors (Lipinski definition) is 2. The Morgan fingerprint density at radius 1 is 1.07 bits per heavy atom. The molecule has 1 fully saturated rings. The average Bonchev–Trinajstić information content (AvgIpc) is 3.42. The first-order valence-corrected chi connectivity index (χ1v) is 14.1. The summed E-state index contributed by atoms with van der Waals surface area (Å²) in [6.07, 6.45) is 1.94. The molecule has 14 heteroatoms. The number of nitrogens with zero attached hydrogens (tertiary/aromatic N) is 6. The zero-order valence-corrected chi connectivity index (χ0v) is 24.1. The van der Waals surface area contributed by atoms with E-state index in [-0.39, 0.29) is 29.4 Å². The third-order valence-electron chi connectivity index (χ3n) is 7.84. The number of benzene rings is 2. The molecule has 1 amide bonds. The zero-order chi connectivity index (χ0) is 31.7. The standard InChI is InChI=1S/C31H28F4N8O2/c1-45-25-14-19(2-5-24(25)40-30(44)22-4-3-20(15-23(22)32)31(33,34)35)27-26-28(36)38-17-39-29(26)43(41-27)21-8-12-42(13-9-21)16-18-6-10-37-11-7-18/h2-7,10-11,14-15,17,21H,8-9,12-13,16H2,1H3,(H,40,44)(H2,36,38,39). The van der Waals surface area contributed by atoms with E-state index in [0.29, 0.717) is 28.4 Å². The van der Waals surface area contributed by atoms with Crippen LogP contribution >= 0.6 is 0 Å². The van der Waals surface area contributed by atoms with Gasteiger partial charge in [0.1, 0.15) is 29.4 Å². The van der Waals surface area contributed by atoms with Gasteiger partial charge in [0, 0.05) is 37.6 Å². The molecule has 3 aromatic heterocycles. The summed E-state index contributed by atoms with van der Waals surface area (Å²) in [5.41, 5.74) is 7.68. The van der Waals surface area contributed by atoms with Crippen molar-refractivity contribution in [3.05, 3.63) is 89.8 Å². The van der Waals surface area contributed by atoms with Gasteiger partial charge in [0.05, 0.1) is 35.4 Å². The molecule has 4 heterocycles. The van der Waals surface area contributed by atoms with Crippen LogP contribution in [0.25, 0.3) is 22.3 Å². The summed E-state index contributed by atoms with van der Waals surface area (Å²) in [5, 5.41) is 8.02. The molecule has 0 atom stereocenters. The second-order valence-electron chi connectivity index (χ2n) is 10.7. The lowest BCUT2D eigenvalue weighted by Gasteiger charge is -2.32. The summed E-state index contributed by atoms with van der Waals surface area (Å²) >= 11 is 0. The van der Waals surface area contributed by atoms with Crippen LogP contribution in [0.1, 0.15) is 40.4 Å². The number of anilines is 2. The van der Waals surface area contributed by atoms with Crippen molar-refractivity contribution in [3.63, 3.8) is 0 Å². The Bertz CT molecular complexity index is 1850. The molecule has 0 saturated carbocycles. The smallest absolute Gasteiger partial charge is 0.416 e. The molecule has 0 unspecified atom stereocenters. The number of nitrogens with one attached hydrogen (secondary N) is 1. The van der Waals surface area contributed by atoms with Crippen LogP contribution in [0.5, 0.6) is 5.75 Å². The fraction of sp³-hybridized carbons (Fsp3) is 0.258. The Morgan fingerprint density at radius 3 is 2.51 bits per heavy atom. The second-order valence-corrected chi connectivity index (χ2v) is 10.7. The van der Waals surface area contributed by atoms with E-state index in [2.05, 4.69) is 25.2 Å². The molecule has 1 saturated heterocycles. The van der Waals surface area contributed by atoms with Crippen molar-refractivity contribution in [2.45, 2.75) is 31.6 Å². The summed E-state index contributed by atoms with van der Waals surface area (Å²) in [6, 6.07) is 10.7. The van der Waals surface area contributed by atoms with Crippen molar-refractivity contribution in [2.75, 3.05) is 31.2 Å². The Morgan fingerprint density at radius 2 is 1.82 bits per heavy atom. The van der Waals surface area contributed by atoms with Gasteiger partial charge in [0.15, 0.2) is 5.65 Å². The number of halogens is 4. The Kier molecular flexibility index (Phi) is 8.06. The van der Waals surface area contributed by atoms with E-state index >= 15 is 0 Å². The molecule has 10 nitrogen and oxygen atoms in total. The Balaban J connectivity index is 1.25. The highest BCUT2D eigenvalue weighted by Gasteiger charge is 2.32. The summed E-state index contributed by atoms with van der Waals surface area (Å²) in [7, 11) is 1.39. The molecule has 0 spiro atoms. The van der Waals surface area contributed by atoms with E-state index in [1.54, 1.807) is 24.5 Å². The van der Waals surface area contributed by atoms with Crippen LogP contribution in [0.15, 0.2) is 67.3 Å². The molecule has 0 bridgehead atoms. The highest BCUT2D eigenvalue weighted by molar-refractivity contribution is 6.06. The first-order chi connectivity index (χ1) is 21.6. The third-order valence-corrected chi connectivity index (χ3v) is 7.84. The topological polar surface area (TPSA) is 124 Å². The SMILES string of the molecule is COc1cc(-c2nn(C3CCN(Cc4ccncc4)CC3)c3ncnc(N)c23)ccc1NC(=O)c1ccc(C(F)(F)F)cc1F. The number of nitrogens with two attached hydrogens (primary N) is 1. The lowest BCUT2D eigenvalue weighted by Crippen LogP contribution is -2.34. The lowest BCUT2D eigenvalue weighted by molar-refractivity contribution is -0.137. The normalized spacial score (nSPS) is 14.5. The van der Waals surface area contributed by atoms with Crippen molar-refractivity contribution in [2.24, 2.45) is 0 Å². The largest absolute Gasteiger partial charge is 0.495 e. The molecule has 3 N–H and O–H groups in total. The number of amides is 1. The van der Waals surface area contributed by atoms with Gasteiger partial charge in [-0.25, -0.2) is 19.0 Å². The highest BCUT2D eigenvalue weighted by atomic mass is 19.4. The van der Waals surface area contributed by atoms with E-state index in [1.165, 1.54) is 25.1 Å². The number of carbonyl (C=O) groups excluding carboxylic acids is 1. The molecular weight excluding hydrogens is 592 g/mol. The number of ether oxygens (including phenoxy) is 1. The minimum Gasteiger partial charge on any atom is -0.495 e. The first-order valence-electron chi connectivity index (χ1n) is 14.1. The van der Waals surface area contributed by atoms with Gasteiger partial charge < -0.3 is 15.8 Å². The maximum atomic E-state index is 14.4. The Hall–Kier alpha value is -5.11. The van der Waals surface area contributed by atoms with Gasteiger partial charge >= 0.3 is 6.18 Å². The van der Waals surface area contributed by atoms with Crippen LogP contribution in [0.3, 0.4) is 0 Å².